The quantitative estimate of drug-likeness (QED) is 0.796. The number of ether oxygens (including phenoxy) is 1. The predicted molar refractivity (Wildman–Crippen MR) is 86.5 cm³/mol. The fourth-order valence-corrected chi connectivity index (χ4v) is 3.05. The minimum absolute atomic E-state index is 0.0598. The van der Waals surface area contributed by atoms with Crippen molar-refractivity contribution < 1.29 is 24.2 Å². The van der Waals surface area contributed by atoms with Gasteiger partial charge < -0.3 is 20.1 Å². The van der Waals surface area contributed by atoms with Gasteiger partial charge in [0.15, 0.2) is 6.10 Å². The van der Waals surface area contributed by atoms with E-state index in [9.17, 15) is 14.4 Å². The van der Waals surface area contributed by atoms with Crippen LogP contribution in [0.15, 0.2) is 24.3 Å². The molecule has 24 heavy (non-hydrogen) atoms. The Bertz CT molecular complexity index is 651. The lowest BCUT2D eigenvalue weighted by atomic mass is 9.93. The number of nitrogens with one attached hydrogen (secondary N) is 1. The highest BCUT2D eigenvalue weighted by Crippen LogP contribution is 2.37. The first-order valence-electron chi connectivity index (χ1n) is 7.39. The molecule has 1 aliphatic rings. The zero-order valence-corrected chi connectivity index (χ0v) is 14.1. The third kappa shape index (κ3) is 3.85. The lowest BCUT2D eigenvalue weighted by Crippen LogP contribution is -2.41. The van der Waals surface area contributed by atoms with Crippen LogP contribution in [0.4, 0.5) is 0 Å². The largest absolute Gasteiger partial charge is 0.479 e. The molecule has 1 saturated heterocycles. The summed E-state index contributed by atoms with van der Waals surface area (Å²) in [5, 5.41) is 12.0. The summed E-state index contributed by atoms with van der Waals surface area (Å²) in [6.07, 6.45) is -1.07. The van der Waals surface area contributed by atoms with E-state index in [1.54, 1.807) is 31.3 Å². The van der Waals surface area contributed by atoms with E-state index in [2.05, 4.69) is 5.32 Å². The van der Waals surface area contributed by atoms with Crippen LogP contribution in [0.2, 0.25) is 5.02 Å². The van der Waals surface area contributed by atoms with Crippen molar-refractivity contribution in [2.75, 3.05) is 20.7 Å². The smallest absolute Gasteiger partial charge is 0.334 e. The van der Waals surface area contributed by atoms with Crippen LogP contribution in [0.1, 0.15) is 18.0 Å². The molecule has 8 heteroatoms. The van der Waals surface area contributed by atoms with Crippen LogP contribution in [0.5, 0.6) is 0 Å². The summed E-state index contributed by atoms with van der Waals surface area (Å²) in [6.45, 7) is -0.165. The molecule has 0 bridgehead atoms. The molecule has 1 fully saturated rings. The van der Waals surface area contributed by atoms with E-state index in [1.165, 1.54) is 12.0 Å². The van der Waals surface area contributed by atoms with E-state index in [4.69, 9.17) is 21.4 Å². The fraction of sp³-hybridized carbons (Fsp3) is 0.438. The number of likely N-dealkylation sites (tertiary alicyclic amines) is 1. The topological polar surface area (TPSA) is 95.9 Å². The van der Waals surface area contributed by atoms with Gasteiger partial charge in [-0.25, -0.2) is 4.79 Å². The normalized spacial score (nSPS) is 21.6. The Morgan fingerprint density at radius 3 is 2.79 bits per heavy atom. The van der Waals surface area contributed by atoms with Crippen molar-refractivity contribution in [2.24, 2.45) is 5.92 Å². The van der Waals surface area contributed by atoms with Crippen LogP contribution in [0, 0.1) is 5.92 Å². The maximum atomic E-state index is 12.5. The van der Waals surface area contributed by atoms with Gasteiger partial charge in [-0.3, -0.25) is 9.59 Å². The summed E-state index contributed by atoms with van der Waals surface area (Å²) < 4.78 is 4.79. The maximum Gasteiger partial charge on any atom is 0.334 e. The molecular formula is C16H19ClN2O5. The number of amides is 2. The average molecular weight is 355 g/mol. The molecule has 0 radical (unpaired) electrons. The summed E-state index contributed by atoms with van der Waals surface area (Å²) in [4.78, 5) is 37.0. The monoisotopic (exact) mass is 354 g/mol. The number of methoxy groups -OCH3 is 1. The van der Waals surface area contributed by atoms with E-state index in [1.807, 2.05) is 0 Å². The van der Waals surface area contributed by atoms with Gasteiger partial charge in [-0.1, -0.05) is 23.7 Å². The van der Waals surface area contributed by atoms with Gasteiger partial charge in [0.25, 0.3) is 0 Å². The molecule has 130 valence electrons. The second-order valence-corrected chi connectivity index (χ2v) is 6.06. The number of nitrogens with zero attached hydrogens (tertiary/aromatic N) is 1. The minimum atomic E-state index is -1.16. The Morgan fingerprint density at radius 2 is 2.21 bits per heavy atom. The summed E-state index contributed by atoms with van der Waals surface area (Å²) in [5.41, 5.74) is 0.762. The van der Waals surface area contributed by atoms with Gasteiger partial charge in [0, 0.05) is 25.6 Å². The number of hydrogen-bond acceptors (Lipinski definition) is 4. The van der Waals surface area contributed by atoms with Crippen molar-refractivity contribution in [2.45, 2.75) is 18.6 Å². The van der Waals surface area contributed by atoms with Crippen LogP contribution in [-0.4, -0.2) is 54.6 Å². The number of halogens is 1. The lowest BCUT2D eigenvalue weighted by molar-refractivity contribution is -0.148. The van der Waals surface area contributed by atoms with Gasteiger partial charge in [-0.2, -0.15) is 0 Å². The van der Waals surface area contributed by atoms with Crippen LogP contribution < -0.4 is 5.32 Å². The van der Waals surface area contributed by atoms with Gasteiger partial charge in [0.05, 0.1) is 18.5 Å². The molecule has 1 heterocycles. The van der Waals surface area contributed by atoms with Crippen molar-refractivity contribution >= 4 is 29.4 Å². The number of rotatable bonds is 6. The highest BCUT2D eigenvalue weighted by Gasteiger charge is 2.42. The highest BCUT2D eigenvalue weighted by atomic mass is 35.5. The predicted octanol–water partition coefficient (Wildman–Crippen LogP) is 1.08. The summed E-state index contributed by atoms with van der Waals surface area (Å²) in [7, 11) is 2.89. The molecule has 2 rings (SSSR count). The molecular weight excluding hydrogens is 336 g/mol. The maximum absolute atomic E-state index is 12.5. The van der Waals surface area contributed by atoms with Gasteiger partial charge in [-0.05, 0) is 17.7 Å². The molecule has 1 aromatic rings. The van der Waals surface area contributed by atoms with Crippen molar-refractivity contribution in [1.82, 2.24) is 10.2 Å². The van der Waals surface area contributed by atoms with Crippen LogP contribution in [-0.2, 0) is 19.1 Å². The fourth-order valence-electron chi connectivity index (χ4n) is 2.85. The van der Waals surface area contributed by atoms with E-state index in [0.29, 0.717) is 5.02 Å². The second-order valence-electron chi connectivity index (χ2n) is 5.62. The van der Waals surface area contributed by atoms with Gasteiger partial charge >= 0.3 is 5.97 Å². The van der Waals surface area contributed by atoms with E-state index in [0.717, 1.165) is 5.56 Å². The minimum Gasteiger partial charge on any atom is -0.479 e. The number of hydrogen-bond donors (Lipinski definition) is 2. The van der Waals surface area contributed by atoms with Gasteiger partial charge in [0.1, 0.15) is 0 Å². The first-order chi connectivity index (χ1) is 11.3. The Labute approximate surface area is 144 Å². The average Bonchev–Trinajstić information content (AvgIpc) is 2.83. The number of carbonyl (C=O) groups is 3. The number of carbonyl (C=O) groups excluding carboxylic acids is 2. The third-order valence-corrected chi connectivity index (χ3v) is 4.37. The van der Waals surface area contributed by atoms with Crippen LogP contribution >= 0.6 is 11.6 Å². The third-order valence-electron chi connectivity index (χ3n) is 4.13. The molecule has 3 atom stereocenters. The first kappa shape index (κ1) is 18.2. The highest BCUT2D eigenvalue weighted by molar-refractivity contribution is 6.30. The second kappa shape index (κ2) is 7.63. The molecule has 7 nitrogen and oxygen atoms in total. The van der Waals surface area contributed by atoms with Crippen molar-refractivity contribution in [3.8, 4) is 0 Å². The van der Waals surface area contributed by atoms with Crippen molar-refractivity contribution in [3.05, 3.63) is 34.9 Å². The zero-order chi connectivity index (χ0) is 17.9. The zero-order valence-electron chi connectivity index (χ0n) is 13.4. The number of carboxylic acids is 1. The molecule has 0 saturated carbocycles. The molecule has 2 amide bonds. The Balaban J connectivity index is 2.16. The Morgan fingerprint density at radius 1 is 1.50 bits per heavy atom. The Kier molecular flexibility index (Phi) is 5.80. The van der Waals surface area contributed by atoms with E-state index >= 15 is 0 Å². The molecule has 0 spiro atoms. The van der Waals surface area contributed by atoms with Crippen LogP contribution in [0.25, 0.3) is 0 Å². The molecule has 0 aromatic heterocycles. The molecule has 2 N–H and O–H groups in total. The van der Waals surface area contributed by atoms with Gasteiger partial charge in [-0.15, -0.1) is 0 Å². The summed E-state index contributed by atoms with van der Waals surface area (Å²) in [5.74, 6) is -2.32. The first-order valence-corrected chi connectivity index (χ1v) is 7.77. The molecule has 3 unspecified atom stereocenters. The molecule has 1 aromatic carbocycles. The molecule has 1 aliphatic heterocycles. The summed E-state index contributed by atoms with van der Waals surface area (Å²) >= 11 is 6.01. The van der Waals surface area contributed by atoms with Gasteiger partial charge in [0.2, 0.25) is 11.8 Å². The standard InChI is InChI=1S/C16H19ClN2O5/c1-19-13(20)7-11(14(19)9-4-3-5-10(17)6-9)15(21)18-8-12(24-2)16(22)23/h3-6,11-12,14H,7-8H2,1-2H3,(H,18,21)(H,22,23). The van der Waals surface area contributed by atoms with Crippen molar-refractivity contribution in [1.29, 1.82) is 0 Å². The van der Waals surface area contributed by atoms with E-state index in [-0.39, 0.29) is 24.8 Å². The van der Waals surface area contributed by atoms with Crippen molar-refractivity contribution in [3.63, 3.8) is 0 Å². The van der Waals surface area contributed by atoms with E-state index < -0.39 is 24.0 Å². The SMILES string of the molecule is COC(CNC(=O)C1CC(=O)N(C)C1c1cccc(Cl)c1)C(=O)O. The number of carboxylic acid groups (broad SMARTS) is 1. The number of aliphatic carboxylic acids is 1. The number of benzene rings is 1. The molecule has 0 aliphatic carbocycles. The Hall–Kier alpha value is -2.12. The van der Waals surface area contributed by atoms with Crippen LogP contribution in [0.3, 0.4) is 0 Å². The summed E-state index contributed by atoms with van der Waals surface area (Å²) in [6, 6.07) is 6.56. The lowest BCUT2D eigenvalue weighted by Gasteiger charge is -2.25.